The van der Waals surface area contributed by atoms with Crippen molar-refractivity contribution >= 4 is 15.9 Å². The molecule has 3 nitrogen and oxygen atoms in total. The van der Waals surface area contributed by atoms with Crippen LogP contribution in [0.15, 0.2) is 28.7 Å². The molecule has 0 radical (unpaired) electrons. The molecule has 1 aliphatic carbocycles. The lowest BCUT2D eigenvalue weighted by atomic mass is 9.93. The van der Waals surface area contributed by atoms with Gasteiger partial charge in [0.2, 0.25) is 0 Å². The lowest BCUT2D eigenvalue weighted by Gasteiger charge is -2.34. The van der Waals surface area contributed by atoms with Crippen LogP contribution in [-0.2, 0) is 9.47 Å². The number of halogens is 1. The monoisotopic (exact) mass is 355 g/mol. The molecule has 4 unspecified atom stereocenters. The summed E-state index contributed by atoms with van der Waals surface area (Å²) in [5, 5.41) is 0. The van der Waals surface area contributed by atoms with Gasteiger partial charge < -0.3 is 15.2 Å². The highest BCUT2D eigenvalue weighted by Crippen LogP contribution is 2.33. The number of hydrogen-bond acceptors (Lipinski definition) is 3. The second-order valence-corrected chi connectivity index (χ2v) is 6.65. The Labute approximate surface area is 136 Å². The Morgan fingerprint density at radius 2 is 2.00 bits per heavy atom. The third-order valence-corrected chi connectivity index (χ3v) is 5.04. The van der Waals surface area contributed by atoms with E-state index < -0.39 is 0 Å². The van der Waals surface area contributed by atoms with Gasteiger partial charge in [-0.1, -0.05) is 41.1 Å². The Balaban J connectivity index is 2.12. The highest BCUT2D eigenvalue weighted by Gasteiger charge is 2.29. The average Bonchev–Trinajstić information content (AvgIpc) is 2.53. The van der Waals surface area contributed by atoms with Crippen LogP contribution >= 0.6 is 15.9 Å². The van der Waals surface area contributed by atoms with Crippen molar-refractivity contribution < 1.29 is 9.47 Å². The molecule has 0 spiro atoms. The van der Waals surface area contributed by atoms with E-state index in [-0.39, 0.29) is 18.2 Å². The van der Waals surface area contributed by atoms with Gasteiger partial charge in [-0.2, -0.15) is 0 Å². The van der Waals surface area contributed by atoms with E-state index in [0.717, 1.165) is 42.1 Å². The van der Waals surface area contributed by atoms with Crippen molar-refractivity contribution in [2.75, 3.05) is 7.11 Å². The second kappa shape index (κ2) is 8.28. The first-order chi connectivity index (χ1) is 10.2. The Hall–Kier alpha value is -0.420. The maximum Gasteiger partial charge on any atom is 0.0990 e. The zero-order valence-corrected chi connectivity index (χ0v) is 14.5. The minimum Gasteiger partial charge on any atom is -0.381 e. The van der Waals surface area contributed by atoms with Crippen LogP contribution in [0, 0.1) is 0 Å². The molecule has 0 saturated heterocycles. The summed E-state index contributed by atoms with van der Waals surface area (Å²) in [5.74, 6) is 0. The summed E-state index contributed by atoms with van der Waals surface area (Å²) in [6, 6.07) is 8.21. The molecule has 21 heavy (non-hydrogen) atoms. The Kier molecular flexibility index (Phi) is 6.68. The largest absolute Gasteiger partial charge is 0.381 e. The topological polar surface area (TPSA) is 44.5 Å². The van der Waals surface area contributed by atoms with Gasteiger partial charge in [-0.3, -0.25) is 0 Å². The quantitative estimate of drug-likeness (QED) is 0.831. The molecular weight excluding hydrogens is 330 g/mol. The number of nitrogens with two attached hydrogens (primary N) is 1. The molecule has 2 N–H and O–H groups in total. The molecule has 1 saturated carbocycles. The second-order valence-electron chi connectivity index (χ2n) is 5.80. The van der Waals surface area contributed by atoms with Crippen LogP contribution in [-0.4, -0.2) is 25.4 Å². The van der Waals surface area contributed by atoms with E-state index in [9.17, 15) is 0 Å². The molecule has 1 aromatic rings. The van der Waals surface area contributed by atoms with Gasteiger partial charge >= 0.3 is 0 Å². The van der Waals surface area contributed by atoms with E-state index in [4.69, 9.17) is 15.2 Å². The highest BCUT2D eigenvalue weighted by molar-refractivity contribution is 9.10. The maximum absolute atomic E-state index is 6.41. The van der Waals surface area contributed by atoms with Crippen molar-refractivity contribution in [1.82, 2.24) is 0 Å². The van der Waals surface area contributed by atoms with E-state index in [1.54, 1.807) is 7.11 Å². The van der Waals surface area contributed by atoms with Gasteiger partial charge in [-0.25, -0.2) is 0 Å². The molecule has 2 rings (SSSR count). The van der Waals surface area contributed by atoms with Gasteiger partial charge in [0.05, 0.1) is 18.3 Å². The highest BCUT2D eigenvalue weighted by atomic mass is 79.9. The predicted molar refractivity (Wildman–Crippen MR) is 89.3 cm³/mol. The first-order valence-electron chi connectivity index (χ1n) is 7.84. The minimum absolute atomic E-state index is 0.00613. The van der Waals surface area contributed by atoms with Gasteiger partial charge in [-0.05, 0) is 43.7 Å². The number of benzene rings is 1. The van der Waals surface area contributed by atoms with Crippen molar-refractivity contribution in [2.24, 2.45) is 5.73 Å². The molecular formula is C17H26BrNO2. The summed E-state index contributed by atoms with van der Waals surface area (Å²) in [4.78, 5) is 0. The summed E-state index contributed by atoms with van der Waals surface area (Å²) in [6.45, 7) is 2.11. The first kappa shape index (κ1) is 16.9. The fourth-order valence-corrected chi connectivity index (χ4v) is 3.48. The van der Waals surface area contributed by atoms with E-state index >= 15 is 0 Å². The smallest absolute Gasteiger partial charge is 0.0990 e. The zero-order chi connectivity index (χ0) is 15.2. The Morgan fingerprint density at radius 3 is 2.67 bits per heavy atom. The summed E-state index contributed by atoms with van der Waals surface area (Å²) >= 11 is 3.62. The van der Waals surface area contributed by atoms with Gasteiger partial charge in [-0.15, -0.1) is 0 Å². The molecule has 118 valence electrons. The first-order valence-corrected chi connectivity index (χ1v) is 8.63. The molecule has 0 aromatic heterocycles. The molecule has 0 bridgehead atoms. The van der Waals surface area contributed by atoms with Gasteiger partial charge in [0.15, 0.2) is 0 Å². The molecule has 0 heterocycles. The van der Waals surface area contributed by atoms with Crippen LogP contribution < -0.4 is 5.73 Å². The van der Waals surface area contributed by atoms with E-state index in [1.807, 2.05) is 18.2 Å². The van der Waals surface area contributed by atoms with Crippen molar-refractivity contribution in [3.63, 3.8) is 0 Å². The molecule has 1 aromatic carbocycles. The number of ether oxygens (including phenoxy) is 2. The lowest BCUT2D eigenvalue weighted by Crippen LogP contribution is -2.35. The summed E-state index contributed by atoms with van der Waals surface area (Å²) < 4.78 is 13.0. The van der Waals surface area contributed by atoms with Crippen LogP contribution in [0.4, 0.5) is 0 Å². The maximum atomic E-state index is 6.41. The third kappa shape index (κ3) is 4.52. The zero-order valence-electron chi connectivity index (χ0n) is 12.9. The fraction of sp³-hybridized carbons (Fsp3) is 0.647. The Morgan fingerprint density at radius 1 is 1.29 bits per heavy atom. The van der Waals surface area contributed by atoms with Crippen molar-refractivity contribution in [2.45, 2.75) is 63.4 Å². The van der Waals surface area contributed by atoms with Crippen LogP contribution in [0.25, 0.3) is 0 Å². The van der Waals surface area contributed by atoms with Crippen molar-refractivity contribution in [3.05, 3.63) is 34.3 Å². The standard InChI is InChI=1S/C17H26BrNO2/c1-3-16(19)17(14-9-4-5-10-15(14)18)21-13-8-6-7-12(11-13)20-2/h4-5,9-10,12-13,16-17H,3,6-8,11,19H2,1-2H3. The summed E-state index contributed by atoms with van der Waals surface area (Å²) in [6.07, 6.45) is 5.74. The summed E-state index contributed by atoms with van der Waals surface area (Å²) in [5.41, 5.74) is 7.47. The van der Waals surface area contributed by atoms with Crippen LogP contribution in [0.1, 0.15) is 50.7 Å². The number of hydrogen-bond donors (Lipinski definition) is 1. The average molecular weight is 356 g/mol. The predicted octanol–water partition coefficient (Wildman–Crippen LogP) is 4.20. The van der Waals surface area contributed by atoms with Crippen LogP contribution in [0.3, 0.4) is 0 Å². The molecule has 0 amide bonds. The number of methoxy groups -OCH3 is 1. The third-order valence-electron chi connectivity index (χ3n) is 4.32. The van der Waals surface area contributed by atoms with Crippen LogP contribution in [0.5, 0.6) is 0 Å². The molecule has 4 atom stereocenters. The fourth-order valence-electron chi connectivity index (χ4n) is 2.97. The molecule has 0 aliphatic heterocycles. The van der Waals surface area contributed by atoms with Gasteiger partial charge in [0.1, 0.15) is 0 Å². The SMILES string of the molecule is CCC(N)C(OC1CCCC(OC)C1)c1ccccc1Br. The Bertz CT molecular complexity index is 441. The lowest BCUT2D eigenvalue weighted by molar-refractivity contribution is -0.0748. The van der Waals surface area contributed by atoms with Crippen molar-refractivity contribution in [3.8, 4) is 0 Å². The van der Waals surface area contributed by atoms with E-state index in [0.29, 0.717) is 6.10 Å². The van der Waals surface area contributed by atoms with Crippen molar-refractivity contribution in [1.29, 1.82) is 0 Å². The van der Waals surface area contributed by atoms with Gasteiger partial charge in [0.25, 0.3) is 0 Å². The van der Waals surface area contributed by atoms with E-state index in [1.165, 1.54) is 0 Å². The molecule has 1 fully saturated rings. The molecule has 1 aliphatic rings. The summed E-state index contributed by atoms with van der Waals surface area (Å²) in [7, 11) is 1.79. The number of rotatable bonds is 6. The van der Waals surface area contributed by atoms with Gasteiger partial charge in [0, 0.05) is 17.6 Å². The normalized spacial score (nSPS) is 25.5. The van der Waals surface area contributed by atoms with Crippen LogP contribution in [0.2, 0.25) is 0 Å². The minimum atomic E-state index is -0.0637. The van der Waals surface area contributed by atoms with E-state index in [2.05, 4.69) is 28.9 Å². The molecule has 4 heteroatoms.